The molecule has 1 aromatic heterocycles. The number of hydrogen-bond donors (Lipinski definition) is 1. The molecule has 0 bridgehead atoms. The molecule has 1 aromatic carbocycles. The van der Waals surface area contributed by atoms with Crippen LogP contribution >= 0.6 is 22.9 Å². The summed E-state index contributed by atoms with van der Waals surface area (Å²) in [6.07, 6.45) is 1.17. The van der Waals surface area contributed by atoms with Gasteiger partial charge >= 0.3 is 6.09 Å². The van der Waals surface area contributed by atoms with E-state index in [1.54, 1.807) is 6.20 Å². The number of alkyl carbamates (subject to hydrolysis) is 1. The molecule has 0 fully saturated rings. The summed E-state index contributed by atoms with van der Waals surface area (Å²) in [6, 6.07) is 9.51. The van der Waals surface area contributed by atoms with E-state index < -0.39 is 6.09 Å². The second-order valence-corrected chi connectivity index (χ2v) is 5.19. The summed E-state index contributed by atoms with van der Waals surface area (Å²) in [7, 11) is 0. The first-order chi connectivity index (χ1) is 8.74. The zero-order valence-corrected chi connectivity index (χ0v) is 11.0. The summed E-state index contributed by atoms with van der Waals surface area (Å²) in [5, 5.41) is 2.63. The summed E-state index contributed by atoms with van der Waals surface area (Å²) in [4.78, 5) is 16.2. The highest BCUT2D eigenvalue weighted by Crippen LogP contribution is 2.17. The van der Waals surface area contributed by atoms with Gasteiger partial charge in [-0.1, -0.05) is 41.9 Å². The lowest BCUT2D eigenvalue weighted by Crippen LogP contribution is -2.23. The van der Waals surface area contributed by atoms with Gasteiger partial charge in [0.2, 0.25) is 0 Å². The monoisotopic (exact) mass is 282 g/mol. The zero-order valence-electron chi connectivity index (χ0n) is 9.43. The van der Waals surface area contributed by atoms with Crippen LogP contribution in [0.1, 0.15) is 10.4 Å². The third kappa shape index (κ3) is 4.01. The largest absolute Gasteiger partial charge is 0.445 e. The summed E-state index contributed by atoms with van der Waals surface area (Å²) < 4.78 is 5.52. The second kappa shape index (κ2) is 6.37. The van der Waals surface area contributed by atoms with Crippen LogP contribution in [0.25, 0.3) is 0 Å². The van der Waals surface area contributed by atoms with Gasteiger partial charge in [-0.15, -0.1) is 11.3 Å². The van der Waals surface area contributed by atoms with Gasteiger partial charge in [-0.05, 0) is 5.56 Å². The lowest BCUT2D eigenvalue weighted by molar-refractivity contribution is 0.139. The Labute approximate surface area is 114 Å². The van der Waals surface area contributed by atoms with E-state index in [-0.39, 0.29) is 6.61 Å². The van der Waals surface area contributed by atoms with Gasteiger partial charge in [0.1, 0.15) is 6.61 Å². The van der Waals surface area contributed by atoms with Crippen LogP contribution < -0.4 is 5.32 Å². The lowest BCUT2D eigenvalue weighted by atomic mass is 10.2. The Hall–Kier alpha value is -1.59. The molecule has 18 heavy (non-hydrogen) atoms. The normalized spacial score (nSPS) is 10.1. The van der Waals surface area contributed by atoms with E-state index >= 15 is 0 Å². The van der Waals surface area contributed by atoms with Gasteiger partial charge < -0.3 is 10.1 Å². The molecule has 0 aliphatic carbocycles. The van der Waals surface area contributed by atoms with Crippen LogP contribution in [-0.4, -0.2) is 11.1 Å². The number of carbonyl (C=O) groups is 1. The highest BCUT2D eigenvalue weighted by Gasteiger charge is 2.04. The Morgan fingerprint density at radius 3 is 2.83 bits per heavy atom. The number of rotatable bonds is 4. The van der Waals surface area contributed by atoms with Crippen molar-refractivity contribution in [2.45, 2.75) is 13.2 Å². The van der Waals surface area contributed by atoms with E-state index in [9.17, 15) is 4.79 Å². The van der Waals surface area contributed by atoms with E-state index in [0.29, 0.717) is 11.0 Å². The average Bonchev–Trinajstić information content (AvgIpc) is 2.81. The van der Waals surface area contributed by atoms with Crippen molar-refractivity contribution in [2.24, 2.45) is 0 Å². The fourth-order valence-corrected chi connectivity index (χ4v) is 2.22. The van der Waals surface area contributed by atoms with Gasteiger partial charge in [0, 0.05) is 11.1 Å². The molecule has 2 aromatic rings. The van der Waals surface area contributed by atoms with Gasteiger partial charge in [0.05, 0.1) is 6.54 Å². The van der Waals surface area contributed by atoms with Gasteiger partial charge in [-0.2, -0.15) is 0 Å². The molecular formula is C12H11ClN2O2S. The van der Waals surface area contributed by atoms with Crippen LogP contribution in [0.2, 0.25) is 4.47 Å². The molecule has 0 unspecified atom stereocenters. The van der Waals surface area contributed by atoms with E-state index in [1.807, 2.05) is 30.3 Å². The molecule has 6 heteroatoms. The molecule has 1 N–H and O–H groups in total. The molecule has 94 valence electrons. The first kappa shape index (κ1) is 12.9. The predicted octanol–water partition coefficient (Wildman–Crippen LogP) is 3.22. The van der Waals surface area contributed by atoms with Gasteiger partial charge in [0.25, 0.3) is 0 Å². The molecule has 0 spiro atoms. The molecule has 0 aliphatic rings. The smallest absolute Gasteiger partial charge is 0.407 e. The van der Waals surface area contributed by atoms with Crippen LogP contribution in [-0.2, 0) is 17.9 Å². The molecule has 0 saturated heterocycles. The fraction of sp³-hybridized carbons (Fsp3) is 0.167. The Kier molecular flexibility index (Phi) is 4.55. The first-order valence-corrected chi connectivity index (χ1v) is 6.48. The SMILES string of the molecule is O=C(NCc1cnc(Cl)s1)OCc1ccccc1. The number of hydrogen-bond acceptors (Lipinski definition) is 4. The molecule has 4 nitrogen and oxygen atoms in total. The molecule has 0 radical (unpaired) electrons. The number of nitrogens with one attached hydrogen (secondary N) is 1. The summed E-state index contributed by atoms with van der Waals surface area (Å²) in [5.74, 6) is 0. The van der Waals surface area contributed by atoms with Crippen molar-refractivity contribution in [1.29, 1.82) is 0 Å². The maximum Gasteiger partial charge on any atom is 0.407 e. The van der Waals surface area contributed by atoms with E-state index in [0.717, 1.165) is 10.4 Å². The minimum atomic E-state index is -0.455. The topological polar surface area (TPSA) is 51.2 Å². The Balaban J connectivity index is 1.73. The van der Waals surface area contributed by atoms with Crippen molar-refractivity contribution in [3.8, 4) is 0 Å². The quantitative estimate of drug-likeness (QED) is 0.937. The molecular weight excluding hydrogens is 272 g/mol. The van der Waals surface area contributed by atoms with E-state index in [2.05, 4.69) is 10.3 Å². The van der Waals surface area contributed by atoms with Crippen molar-refractivity contribution in [1.82, 2.24) is 10.3 Å². The number of benzene rings is 1. The average molecular weight is 283 g/mol. The summed E-state index contributed by atoms with van der Waals surface area (Å²) in [5.41, 5.74) is 0.952. The number of amides is 1. The molecule has 0 saturated carbocycles. The second-order valence-electron chi connectivity index (χ2n) is 3.49. The third-order valence-electron chi connectivity index (χ3n) is 2.15. The summed E-state index contributed by atoms with van der Waals surface area (Å²) >= 11 is 7.01. The molecule has 1 amide bonds. The Bertz CT molecular complexity index is 516. The van der Waals surface area contributed by atoms with Crippen LogP contribution in [0.3, 0.4) is 0 Å². The maximum atomic E-state index is 11.4. The van der Waals surface area contributed by atoms with E-state index in [4.69, 9.17) is 16.3 Å². The molecule has 2 rings (SSSR count). The minimum Gasteiger partial charge on any atom is -0.445 e. The third-order valence-corrected chi connectivity index (χ3v) is 3.26. The zero-order chi connectivity index (χ0) is 12.8. The van der Waals surface area contributed by atoms with Crippen molar-refractivity contribution in [3.63, 3.8) is 0 Å². The summed E-state index contributed by atoms with van der Waals surface area (Å²) in [6.45, 7) is 0.633. The Morgan fingerprint density at radius 1 is 1.39 bits per heavy atom. The maximum absolute atomic E-state index is 11.4. The number of aromatic nitrogens is 1. The number of halogens is 1. The lowest BCUT2D eigenvalue weighted by Gasteiger charge is -2.05. The van der Waals surface area contributed by atoms with Gasteiger partial charge in [-0.3, -0.25) is 0 Å². The van der Waals surface area contributed by atoms with Gasteiger partial charge in [0.15, 0.2) is 4.47 Å². The van der Waals surface area contributed by atoms with Crippen molar-refractivity contribution >= 4 is 29.0 Å². The highest BCUT2D eigenvalue weighted by atomic mass is 35.5. The van der Waals surface area contributed by atoms with E-state index in [1.165, 1.54) is 11.3 Å². The number of nitrogens with zero attached hydrogens (tertiary/aromatic N) is 1. The standard InChI is InChI=1S/C12H11ClN2O2S/c13-11-14-6-10(18-11)7-15-12(16)17-8-9-4-2-1-3-5-9/h1-6H,7-8H2,(H,15,16). The number of thiazole rings is 1. The number of ether oxygens (including phenoxy) is 1. The van der Waals surface area contributed by atoms with Crippen molar-refractivity contribution in [3.05, 3.63) is 51.4 Å². The highest BCUT2D eigenvalue weighted by molar-refractivity contribution is 7.15. The minimum absolute atomic E-state index is 0.260. The van der Waals surface area contributed by atoms with Crippen LogP contribution in [0.5, 0.6) is 0 Å². The van der Waals surface area contributed by atoms with Crippen molar-refractivity contribution in [2.75, 3.05) is 0 Å². The van der Waals surface area contributed by atoms with Crippen LogP contribution in [0.4, 0.5) is 4.79 Å². The fourth-order valence-electron chi connectivity index (χ4n) is 1.30. The Morgan fingerprint density at radius 2 is 2.17 bits per heavy atom. The number of carbonyl (C=O) groups excluding carboxylic acids is 1. The predicted molar refractivity (Wildman–Crippen MR) is 70.6 cm³/mol. The molecule has 1 heterocycles. The van der Waals surface area contributed by atoms with Crippen molar-refractivity contribution < 1.29 is 9.53 Å². The molecule has 0 atom stereocenters. The van der Waals surface area contributed by atoms with Gasteiger partial charge in [-0.25, -0.2) is 9.78 Å². The van der Waals surface area contributed by atoms with Crippen LogP contribution in [0, 0.1) is 0 Å². The first-order valence-electron chi connectivity index (χ1n) is 5.29. The van der Waals surface area contributed by atoms with Crippen LogP contribution in [0.15, 0.2) is 36.5 Å². The molecule has 0 aliphatic heterocycles.